The molecule has 0 aromatic carbocycles. The topological polar surface area (TPSA) is 64.9 Å². The molecule has 0 rings (SSSR count). The zero-order valence-electron chi connectivity index (χ0n) is 5.26. The van der Waals surface area contributed by atoms with E-state index >= 15 is 0 Å². The Morgan fingerprint density at radius 2 is 2.60 bits per heavy atom. The van der Waals surface area contributed by atoms with Crippen LogP contribution in [0, 0.1) is 11.5 Å². The maximum absolute atomic E-state index is 10.4. The van der Waals surface area contributed by atoms with Gasteiger partial charge in [-0.05, 0) is 11.9 Å². The molecule has 0 aliphatic heterocycles. The lowest BCUT2D eigenvalue weighted by atomic mass is 10.8. The second kappa shape index (κ2) is 5.98. The molecule has 54 valence electrons. The molecule has 4 nitrogen and oxygen atoms in total. The maximum Gasteiger partial charge on any atom is 0.337 e. The van der Waals surface area contributed by atoms with Crippen LogP contribution >= 0.6 is 11.9 Å². The number of urea groups is 1. The lowest BCUT2D eigenvalue weighted by Gasteiger charge is -1.96. The summed E-state index contributed by atoms with van der Waals surface area (Å²) in [6.07, 6.45) is 3.14. The van der Waals surface area contributed by atoms with Crippen LogP contribution in [0.1, 0.15) is 0 Å². The minimum Gasteiger partial charge on any atom is -0.281 e. The predicted octanol–water partition coefficient (Wildman–Crippen LogP) is 0.601. The number of carbonyl (C=O) groups excluding carboxylic acids is 1. The number of nitrogens with one attached hydrogen (secondary N) is 2. The Labute approximate surface area is 63.4 Å². The molecule has 0 saturated carbocycles. The molecule has 0 atom stereocenters. The zero-order chi connectivity index (χ0) is 7.82. The van der Waals surface area contributed by atoms with E-state index in [4.69, 9.17) is 5.26 Å². The van der Waals surface area contributed by atoms with E-state index in [2.05, 4.69) is 11.3 Å². The summed E-state index contributed by atoms with van der Waals surface area (Å²) in [6, 6.07) is -0.505. The number of rotatable bonds is 3. The molecule has 0 radical (unpaired) electrons. The molecule has 0 fully saturated rings. The first-order valence-corrected chi connectivity index (χ1v) is 3.47. The molecular weight excluding hydrogens is 150 g/mol. The van der Waals surface area contributed by atoms with Crippen LogP contribution in [0.2, 0.25) is 0 Å². The van der Waals surface area contributed by atoms with E-state index in [0.29, 0.717) is 5.75 Å². The van der Waals surface area contributed by atoms with Gasteiger partial charge in [-0.15, -0.1) is 6.58 Å². The van der Waals surface area contributed by atoms with Crippen LogP contribution in [-0.4, -0.2) is 11.8 Å². The Hall–Kier alpha value is -1.15. The number of carbonyl (C=O) groups is 1. The molecule has 0 aromatic rings. The fourth-order valence-electron chi connectivity index (χ4n) is 0.242. The number of nitrogens with zero attached hydrogens (tertiary/aromatic N) is 1. The van der Waals surface area contributed by atoms with Crippen molar-refractivity contribution < 1.29 is 4.79 Å². The lowest BCUT2D eigenvalue weighted by Crippen LogP contribution is -2.27. The minimum atomic E-state index is -0.505. The minimum absolute atomic E-state index is 0.505. The summed E-state index contributed by atoms with van der Waals surface area (Å²) < 4.78 is 2.36. The van der Waals surface area contributed by atoms with Gasteiger partial charge in [-0.25, -0.2) is 10.1 Å². The number of hydrogen-bond donors (Lipinski definition) is 2. The number of hydrogen-bond acceptors (Lipinski definition) is 3. The van der Waals surface area contributed by atoms with Gasteiger partial charge in [0, 0.05) is 5.75 Å². The largest absolute Gasteiger partial charge is 0.337 e. The molecule has 5 heteroatoms. The van der Waals surface area contributed by atoms with Crippen LogP contribution in [0.25, 0.3) is 0 Å². The van der Waals surface area contributed by atoms with E-state index in [0.717, 1.165) is 0 Å². The van der Waals surface area contributed by atoms with Gasteiger partial charge in [0.15, 0.2) is 6.19 Å². The first-order chi connectivity index (χ1) is 4.81. The van der Waals surface area contributed by atoms with Gasteiger partial charge in [-0.1, -0.05) is 6.08 Å². The third-order valence-electron chi connectivity index (χ3n) is 0.535. The Kier molecular flexibility index (Phi) is 5.29. The molecule has 0 unspecified atom stereocenters. The normalized spacial score (nSPS) is 7.50. The van der Waals surface area contributed by atoms with Crippen LogP contribution < -0.4 is 10.0 Å². The van der Waals surface area contributed by atoms with Gasteiger partial charge >= 0.3 is 6.03 Å². The van der Waals surface area contributed by atoms with Crippen molar-refractivity contribution in [3.05, 3.63) is 12.7 Å². The first kappa shape index (κ1) is 8.85. The van der Waals surface area contributed by atoms with Crippen LogP contribution in [0.3, 0.4) is 0 Å². The summed E-state index contributed by atoms with van der Waals surface area (Å²) in [7, 11) is 0. The third-order valence-corrected chi connectivity index (χ3v) is 1.27. The molecule has 0 spiro atoms. The van der Waals surface area contributed by atoms with Crippen LogP contribution in [0.4, 0.5) is 4.79 Å². The van der Waals surface area contributed by atoms with Gasteiger partial charge in [-0.2, -0.15) is 5.26 Å². The van der Waals surface area contributed by atoms with Gasteiger partial charge in [0.05, 0.1) is 0 Å². The van der Waals surface area contributed by atoms with E-state index in [1.807, 2.05) is 5.32 Å². The Bertz CT molecular complexity index is 163. The summed E-state index contributed by atoms with van der Waals surface area (Å²) in [4.78, 5) is 10.4. The van der Waals surface area contributed by atoms with Gasteiger partial charge in [0.25, 0.3) is 0 Å². The molecule has 0 aromatic heterocycles. The summed E-state index contributed by atoms with van der Waals surface area (Å²) in [5, 5.41) is 9.85. The average Bonchev–Trinajstić information content (AvgIpc) is 1.89. The summed E-state index contributed by atoms with van der Waals surface area (Å²) in [6.45, 7) is 3.45. The molecule has 0 saturated heterocycles. The summed E-state index contributed by atoms with van der Waals surface area (Å²) in [5.41, 5.74) is 0. The predicted molar refractivity (Wildman–Crippen MR) is 39.9 cm³/mol. The quantitative estimate of drug-likeness (QED) is 0.207. The highest BCUT2D eigenvalue weighted by Gasteiger charge is 1.94. The lowest BCUT2D eigenvalue weighted by molar-refractivity contribution is 0.250. The number of amides is 2. The van der Waals surface area contributed by atoms with Gasteiger partial charge in [0.1, 0.15) is 0 Å². The molecule has 0 bridgehead atoms. The van der Waals surface area contributed by atoms with Gasteiger partial charge in [-0.3, -0.25) is 4.72 Å². The molecule has 0 heterocycles. The molecule has 10 heavy (non-hydrogen) atoms. The van der Waals surface area contributed by atoms with Crippen LogP contribution in [-0.2, 0) is 0 Å². The van der Waals surface area contributed by atoms with E-state index < -0.39 is 6.03 Å². The SMILES string of the molecule is C=CCSNC(=O)NC#N. The monoisotopic (exact) mass is 157 g/mol. The Morgan fingerprint density at radius 1 is 1.90 bits per heavy atom. The standard InChI is InChI=1S/C5H7N3OS/c1-2-3-10-8-5(9)7-4-6/h2H,1,3H2,(H2,7,8,9). The van der Waals surface area contributed by atoms with E-state index in [-0.39, 0.29) is 0 Å². The summed E-state index contributed by atoms with van der Waals surface area (Å²) >= 11 is 1.17. The fourth-order valence-corrected chi connectivity index (χ4v) is 0.626. The second-order valence-corrected chi connectivity index (χ2v) is 2.09. The maximum atomic E-state index is 10.4. The first-order valence-electron chi connectivity index (χ1n) is 2.49. The van der Waals surface area contributed by atoms with Crippen molar-refractivity contribution in [3.8, 4) is 6.19 Å². The van der Waals surface area contributed by atoms with Crippen molar-refractivity contribution in [1.82, 2.24) is 10.0 Å². The van der Waals surface area contributed by atoms with Crippen molar-refractivity contribution in [2.24, 2.45) is 0 Å². The van der Waals surface area contributed by atoms with E-state index in [9.17, 15) is 4.79 Å². The Balaban J connectivity index is 3.23. The molecule has 0 aliphatic rings. The second-order valence-electron chi connectivity index (χ2n) is 1.27. The highest BCUT2D eigenvalue weighted by atomic mass is 32.2. The van der Waals surface area contributed by atoms with Crippen molar-refractivity contribution in [1.29, 1.82) is 5.26 Å². The van der Waals surface area contributed by atoms with Crippen molar-refractivity contribution >= 4 is 18.0 Å². The van der Waals surface area contributed by atoms with Crippen LogP contribution in [0.15, 0.2) is 12.7 Å². The Morgan fingerprint density at radius 3 is 3.10 bits per heavy atom. The molecular formula is C5H7N3OS. The molecule has 2 amide bonds. The number of nitriles is 1. The third kappa shape index (κ3) is 5.00. The van der Waals surface area contributed by atoms with E-state index in [1.54, 1.807) is 6.08 Å². The molecule has 2 N–H and O–H groups in total. The molecule has 0 aliphatic carbocycles. The fraction of sp³-hybridized carbons (Fsp3) is 0.200. The smallest absolute Gasteiger partial charge is 0.281 e. The van der Waals surface area contributed by atoms with Gasteiger partial charge < -0.3 is 0 Å². The van der Waals surface area contributed by atoms with Crippen molar-refractivity contribution in [2.45, 2.75) is 0 Å². The average molecular weight is 157 g/mol. The van der Waals surface area contributed by atoms with Gasteiger partial charge in [0.2, 0.25) is 0 Å². The van der Waals surface area contributed by atoms with Crippen molar-refractivity contribution in [3.63, 3.8) is 0 Å². The highest BCUT2D eigenvalue weighted by molar-refractivity contribution is 7.98. The zero-order valence-corrected chi connectivity index (χ0v) is 6.07. The highest BCUT2D eigenvalue weighted by Crippen LogP contribution is 1.90. The van der Waals surface area contributed by atoms with Crippen molar-refractivity contribution in [2.75, 3.05) is 5.75 Å². The summed E-state index contributed by atoms with van der Waals surface area (Å²) in [5.74, 6) is 0.624. The van der Waals surface area contributed by atoms with Crippen LogP contribution in [0.5, 0.6) is 0 Å². The van der Waals surface area contributed by atoms with E-state index in [1.165, 1.54) is 18.1 Å².